The summed E-state index contributed by atoms with van der Waals surface area (Å²) in [4.78, 5) is 12.6. The van der Waals surface area contributed by atoms with Gasteiger partial charge in [-0.1, -0.05) is 25.0 Å². The van der Waals surface area contributed by atoms with Gasteiger partial charge in [0.1, 0.15) is 17.9 Å². The maximum absolute atomic E-state index is 15.1. The third kappa shape index (κ3) is 4.83. The van der Waals surface area contributed by atoms with E-state index in [9.17, 15) is 23.2 Å². The number of nitrogens with zero attached hydrogens (tertiary/aromatic N) is 1. The molecule has 3 fully saturated rings. The van der Waals surface area contributed by atoms with Crippen LogP contribution in [0, 0.1) is 34.2 Å². The fourth-order valence-electron chi connectivity index (χ4n) is 6.36. The second-order valence-electron chi connectivity index (χ2n) is 10.2. The minimum absolute atomic E-state index is 0.125. The first-order chi connectivity index (χ1) is 17.7. The molecule has 1 aliphatic carbocycles. The van der Waals surface area contributed by atoms with Crippen LogP contribution in [0.5, 0.6) is 0 Å². The molecule has 0 bridgehead atoms. The largest absolute Gasteiger partial charge is 0.633 e. The van der Waals surface area contributed by atoms with E-state index in [1.807, 2.05) is 0 Å². The lowest BCUT2D eigenvalue weighted by Crippen LogP contribution is -3.06. The highest BCUT2D eigenvalue weighted by molar-refractivity contribution is 5.94. The topological polar surface area (TPSA) is 89.6 Å². The van der Waals surface area contributed by atoms with Gasteiger partial charge in [-0.15, -0.1) is 0 Å². The van der Waals surface area contributed by atoms with Gasteiger partial charge in [0.2, 0.25) is 0 Å². The van der Waals surface area contributed by atoms with Crippen molar-refractivity contribution in [2.75, 3.05) is 13.2 Å². The molecule has 2 aromatic carbocycles. The molecule has 10 heteroatoms. The zero-order chi connectivity index (χ0) is 26.3. The van der Waals surface area contributed by atoms with Crippen molar-refractivity contribution >= 4 is 5.91 Å². The van der Waals surface area contributed by atoms with Crippen LogP contribution in [0.15, 0.2) is 36.4 Å². The number of ether oxygens (including phenoxy) is 1. The highest BCUT2D eigenvalue weighted by Gasteiger charge is 2.52. The first-order valence-electron chi connectivity index (χ1n) is 12.5. The van der Waals surface area contributed by atoms with E-state index < -0.39 is 41.1 Å². The molecular weight excluding hydrogens is 490 g/mol. The summed E-state index contributed by atoms with van der Waals surface area (Å²) in [6.45, 7) is 0.904. The van der Waals surface area contributed by atoms with Gasteiger partial charge < -0.3 is 20.3 Å². The van der Waals surface area contributed by atoms with Crippen molar-refractivity contribution in [1.29, 1.82) is 5.26 Å². The van der Waals surface area contributed by atoms with Crippen molar-refractivity contribution in [1.82, 2.24) is 5.32 Å². The van der Waals surface area contributed by atoms with Gasteiger partial charge in [0.15, 0.2) is 0 Å². The lowest BCUT2D eigenvalue weighted by molar-refractivity contribution is -0.902. The number of fused-ring (bicyclic) bond motifs is 1. The summed E-state index contributed by atoms with van der Waals surface area (Å²) in [7, 11) is 0. The lowest BCUT2D eigenvalue weighted by atomic mass is 9.73. The van der Waals surface area contributed by atoms with Gasteiger partial charge >= 0.3 is 6.18 Å². The number of nitrogens with one attached hydrogen (secondary N) is 2. The van der Waals surface area contributed by atoms with E-state index in [1.165, 1.54) is 18.2 Å². The molecule has 0 spiro atoms. The van der Waals surface area contributed by atoms with Crippen LogP contribution in [0.1, 0.15) is 76.8 Å². The Labute approximate surface area is 211 Å². The molecule has 0 aromatic heterocycles. The summed E-state index contributed by atoms with van der Waals surface area (Å²) in [5, 5.41) is 25.4. The van der Waals surface area contributed by atoms with Gasteiger partial charge in [-0.25, -0.2) is 4.39 Å². The average Bonchev–Trinajstić information content (AvgIpc) is 3.48. The Kier molecular flexibility index (Phi) is 6.96. The number of quaternary nitrogens is 1. The van der Waals surface area contributed by atoms with E-state index in [0.29, 0.717) is 38.0 Å². The van der Waals surface area contributed by atoms with E-state index in [-0.39, 0.29) is 34.1 Å². The molecule has 2 heterocycles. The van der Waals surface area contributed by atoms with E-state index in [4.69, 9.17) is 10.00 Å². The molecule has 3 aliphatic rings. The fraction of sp³-hybridized carbons (Fsp3) is 0.481. The van der Waals surface area contributed by atoms with Gasteiger partial charge in [0.05, 0.1) is 35.4 Å². The van der Waals surface area contributed by atoms with Crippen molar-refractivity contribution in [3.63, 3.8) is 0 Å². The molecule has 0 radical (unpaired) electrons. The third-order valence-electron chi connectivity index (χ3n) is 8.03. The second-order valence-corrected chi connectivity index (χ2v) is 10.2. The zero-order valence-electron chi connectivity index (χ0n) is 20.0. The quantitative estimate of drug-likeness (QED) is 0.470. The Morgan fingerprint density at radius 1 is 1.05 bits per heavy atom. The Bertz CT molecular complexity index is 1220. The second kappa shape index (κ2) is 10.0. The van der Waals surface area contributed by atoms with E-state index in [1.54, 1.807) is 12.1 Å². The Morgan fingerprint density at radius 2 is 1.70 bits per heavy atom. The van der Waals surface area contributed by atoms with Crippen LogP contribution >= 0.6 is 0 Å². The van der Waals surface area contributed by atoms with Gasteiger partial charge in [-0.2, -0.15) is 18.4 Å². The molecule has 37 heavy (non-hydrogen) atoms. The number of halogens is 4. The van der Waals surface area contributed by atoms with Gasteiger partial charge in [-0.3, -0.25) is 4.79 Å². The first-order valence-corrected chi connectivity index (χ1v) is 12.5. The molecule has 6 atom stereocenters. The van der Waals surface area contributed by atoms with Gasteiger partial charge in [0, 0.05) is 29.6 Å². The normalized spacial score (nSPS) is 29.5. The number of hydroxylamine groups is 2. The van der Waals surface area contributed by atoms with Crippen molar-refractivity contribution < 1.29 is 32.2 Å². The summed E-state index contributed by atoms with van der Waals surface area (Å²) >= 11 is 0. The van der Waals surface area contributed by atoms with E-state index in [0.717, 1.165) is 25.0 Å². The lowest BCUT2D eigenvalue weighted by Gasteiger charge is -2.32. The molecule has 2 aliphatic heterocycles. The predicted molar refractivity (Wildman–Crippen MR) is 125 cm³/mol. The Morgan fingerprint density at radius 3 is 2.27 bits per heavy atom. The van der Waals surface area contributed by atoms with Gasteiger partial charge in [0.25, 0.3) is 5.91 Å². The minimum atomic E-state index is -4.72. The van der Waals surface area contributed by atoms with Crippen LogP contribution in [0.25, 0.3) is 0 Å². The number of rotatable bonds is 4. The number of benzene rings is 2. The van der Waals surface area contributed by atoms with E-state index in [2.05, 4.69) is 5.32 Å². The highest BCUT2D eigenvalue weighted by Crippen LogP contribution is 2.48. The molecule has 2 saturated heterocycles. The molecule has 6 nitrogen and oxygen atoms in total. The monoisotopic (exact) mass is 517 g/mol. The van der Waals surface area contributed by atoms with Crippen LogP contribution in [0.4, 0.5) is 17.6 Å². The molecule has 5 rings (SSSR count). The number of carbonyl (C=O) groups excluding carboxylic acids is 1. The number of carbonyl (C=O) groups is 1. The first kappa shape index (κ1) is 25.6. The maximum atomic E-state index is 15.1. The van der Waals surface area contributed by atoms with Crippen molar-refractivity contribution in [3.05, 3.63) is 75.2 Å². The molecular formula is C27H27F4N3O3. The summed E-state index contributed by atoms with van der Waals surface area (Å²) in [5.74, 6) is -1.60. The predicted octanol–water partition coefficient (Wildman–Crippen LogP) is 4.22. The molecule has 1 amide bonds. The fourth-order valence-corrected chi connectivity index (χ4v) is 6.36. The smallest absolute Gasteiger partial charge is 0.417 e. The molecule has 3 unspecified atom stereocenters. The standard InChI is InChI=1S/C27H27F4N3O3/c28-23-12-16(7-8-21(23)26(35)33-18-9-10-37-14-18)25-20-4-2-1-3-19(20)24(34(25)36)15-5-6-17(13-32)22(11-15)27(29,30)31/h5-8,11-12,18-20,24-25,34H,1-4,9-10,14H2,(H,33,35)/t18-,19+,20+,24?,25?/m1/s1. The average molecular weight is 518 g/mol. The van der Waals surface area contributed by atoms with Crippen LogP contribution in [0.2, 0.25) is 0 Å². The van der Waals surface area contributed by atoms with Crippen LogP contribution in [0.3, 0.4) is 0 Å². The molecule has 2 aromatic rings. The SMILES string of the molecule is N#Cc1ccc(C2[C@H]3CCCC[C@@H]3C(c3ccc(C(=O)N[C@@H]4CCOC4)c(F)c3)[NH+]2[O-])cc1C(F)(F)F. The van der Waals surface area contributed by atoms with Crippen LogP contribution in [-0.2, 0) is 10.9 Å². The number of nitriles is 1. The van der Waals surface area contributed by atoms with Crippen molar-refractivity contribution in [2.24, 2.45) is 11.8 Å². The third-order valence-corrected chi connectivity index (χ3v) is 8.03. The summed E-state index contributed by atoms with van der Waals surface area (Å²) in [5.41, 5.74) is -0.984. The van der Waals surface area contributed by atoms with Gasteiger partial charge in [-0.05, 0) is 43.5 Å². The minimum Gasteiger partial charge on any atom is -0.633 e. The summed E-state index contributed by atoms with van der Waals surface area (Å²) in [6.07, 6.45) is -0.934. The Balaban J connectivity index is 1.46. The number of alkyl halides is 3. The molecule has 2 N–H and O–H groups in total. The number of hydrogen-bond donors (Lipinski definition) is 2. The summed E-state index contributed by atoms with van der Waals surface area (Å²) in [6, 6.07) is 7.62. The van der Waals surface area contributed by atoms with Crippen molar-refractivity contribution in [3.8, 4) is 6.07 Å². The molecule has 196 valence electrons. The van der Waals surface area contributed by atoms with Crippen molar-refractivity contribution in [2.45, 2.75) is 56.4 Å². The maximum Gasteiger partial charge on any atom is 0.417 e. The highest BCUT2D eigenvalue weighted by atomic mass is 19.4. The van der Waals surface area contributed by atoms with Crippen LogP contribution in [-0.4, -0.2) is 25.2 Å². The molecule has 1 saturated carbocycles. The Hall–Kier alpha value is -3.00. The zero-order valence-corrected chi connectivity index (χ0v) is 20.0. The number of amides is 1. The van der Waals surface area contributed by atoms with Crippen LogP contribution < -0.4 is 10.4 Å². The summed E-state index contributed by atoms with van der Waals surface area (Å²) < 4.78 is 61.2. The van der Waals surface area contributed by atoms with E-state index >= 15 is 4.39 Å². The number of hydrogen-bond acceptors (Lipinski definition) is 4.